The maximum atomic E-state index is 3.68. The smallest absolute Gasteiger partial charge is 0.0208 e. The lowest BCUT2D eigenvalue weighted by molar-refractivity contribution is 0.372. The van der Waals surface area contributed by atoms with Gasteiger partial charge in [0, 0.05) is 12.6 Å². The molecule has 1 aromatic rings. The average Bonchev–Trinajstić information content (AvgIpc) is 2.38. The van der Waals surface area contributed by atoms with Crippen molar-refractivity contribution in [2.75, 3.05) is 0 Å². The first-order valence-corrected chi connectivity index (χ1v) is 6.69. The van der Waals surface area contributed by atoms with Gasteiger partial charge in [-0.05, 0) is 30.4 Å². The Morgan fingerprint density at radius 3 is 2.25 bits per heavy atom. The third-order valence-corrected chi connectivity index (χ3v) is 3.63. The summed E-state index contributed by atoms with van der Waals surface area (Å²) in [6, 6.07) is 9.78. The second-order valence-electron chi connectivity index (χ2n) is 4.89. The van der Waals surface area contributed by atoms with Crippen LogP contribution in [-0.4, -0.2) is 6.04 Å². The van der Waals surface area contributed by atoms with E-state index >= 15 is 0 Å². The zero-order valence-corrected chi connectivity index (χ0v) is 10.3. The fourth-order valence-corrected chi connectivity index (χ4v) is 2.46. The lowest BCUT2D eigenvalue weighted by Gasteiger charge is -2.22. The molecule has 16 heavy (non-hydrogen) atoms. The van der Waals surface area contributed by atoms with E-state index in [-0.39, 0.29) is 0 Å². The Kier molecular flexibility index (Phi) is 4.41. The van der Waals surface area contributed by atoms with Crippen LogP contribution in [0.5, 0.6) is 0 Å². The molecule has 0 spiro atoms. The Hall–Kier alpha value is -0.820. The van der Waals surface area contributed by atoms with Crippen LogP contribution >= 0.6 is 0 Å². The molecule has 0 atom stereocenters. The number of nitrogens with one attached hydrogen (secondary N) is 1. The van der Waals surface area contributed by atoms with Crippen molar-refractivity contribution in [1.29, 1.82) is 0 Å². The van der Waals surface area contributed by atoms with Crippen LogP contribution in [0.3, 0.4) is 0 Å². The Bertz CT molecular complexity index is 296. The first-order chi connectivity index (χ1) is 7.88. The molecule has 1 heteroatoms. The van der Waals surface area contributed by atoms with Crippen molar-refractivity contribution in [3.63, 3.8) is 0 Å². The van der Waals surface area contributed by atoms with E-state index in [0.717, 1.165) is 19.0 Å². The van der Waals surface area contributed by atoms with Crippen LogP contribution in [0.2, 0.25) is 0 Å². The molecule has 1 N–H and O–H groups in total. The van der Waals surface area contributed by atoms with Gasteiger partial charge in [0.15, 0.2) is 0 Å². The van der Waals surface area contributed by atoms with Gasteiger partial charge in [0.1, 0.15) is 0 Å². The number of aryl methyl sites for hydroxylation is 1. The highest BCUT2D eigenvalue weighted by Gasteiger charge is 2.11. The van der Waals surface area contributed by atoms with Gasteiger partial charge < -0.3 is 5.32 Å². The molecule has 0 aromatic heterocycles. The normalized spacial score (nSPS) is 17.6. The van der Waals surface area contributed by atoms with Gasteiger partial charge in [0.25, 0.3) is 0 Å². The highest BCUT2D eigenvalue weighted by Crippen LogP contribution is 2.17. The van der Waals surface area contributed by atoms with Crippen molar-refractivity contribution in [2.24, 2.45) is 0 Å². The number of hydrogen-bond donors (Lipinski definition) is 1. The lowest BCUT2D eigenvalue weighted by Crippen LogP contribution is -2.30. The molecule has 1 aliphatic carbocycles. The summed E-state index contributed by atoms with van der Waals surface area (Å²) in [7, 11) is 0. The summed E-state index contributed by atoms with van der Waals surface area (Å²) in [6.45, 7) is 3.24. The molecule has 1 aromatic carbocycles. The topological polar surface area (TPSA) is 12.0 Å². The van der Waals surface area contributed by atoms with Crippen molar-refractivity contribution >= 4 is 0 Å². The summed E-state index contributed by atoms with van der Waals surface area (Å²) in [5.74, 6) is 0. The summed E-state index contributed by atoms with van der Waals surface area (Å²) in [6.07, 6.45) is 8.12. The molecular weight excluding hydrogens is 194 g/mol. The van der Waals surface area contributed by atoms with Crippen molar-refractivity contribution < 1.29 is 0 Å². The SMILES string of the molecule is CCc1ccc(CNC2CCCCC2)cc1. The fraction of sp³-hybridized carbons (Fsp3) is 0.600. The minimum absolute atomic E-state index is 0.764. The van der Waals surface area contributed by atoms with Crippen LogP contribution in [0.1, 0.15) is 50.2 Å². The average molecular weight is 217 g/mol. The van der Waals surface area contributed by atoms with Crippen LogP contribution in [0.25, 0.3) is 0 Å². The van der Waals surface area contributed by atoms with E-state index in [2.05, 4.69) is 36.5 Å². The number of rotatable bonds is 4. The fourth-order valence-electron chi connectivity index (χ4n) is 2.46. The summed E-state index contributed by atoms with van der Waals surface area (Å²) < 4.78 is 0. The van der Waals surface area contributed by atoms with Gasteiger partial charge in [-0.2, -0.15) is 0 Å². The molecule has 1 fully saturated rings. The van der Waals surface area contributed by atoms with E-state index in [1.54, 1.807) is 0 Å². The molecular formula is C15H23N. The van der Waals surface area contributed by atoms with Crippen LogP contribution in [0.4, 0.5) is 0 Å². The number of hydrogen-bond acceptors (Lipinski definition) is 1. The summed E-state index contributed by atoms with van der Waals surface area (Å²) >= 11 is 0. The van der Waals surface area contributed by atoms with E-state index in [9.17, 15) is 0 Å². The maximum Gasteiger partial charge on any atom is 0.0208 e. The van der Waals surface area contributed by atoms with Crippen LogP contribution in [0, 0.1) is 0 Å². The molecule has 2 rings (SSSR count). The zero-order valence-electron chi connectivity index (χ0n) is 10.3. The third-order valence-electron chi connectivity index (χ3n) is 3.63. The summed E-state index contributed by atoms with van der Waals surface area (Å²) in [5.41, 5.74) is 2.85. The van der Waals surface area contributed by atoms with Gasteiger partial charge in [-0.25, -0.2) is 0 Å². The summed E-state index contributed by atoms with van der Waals surface area (Å²) in [5, 5.41) is 3.68. The van der Waals surface area contributed by atoms with Gasteiger partial charge in [0.2, 0.25) is 0 Å². The monoisotopic (exact) mass is 217 g/mol. The van der Waals surface area contributed by atoms with E-state index < -0.39 is 0 Å². The predicted octanol–water partition coefficient (Wildman–Crippen LogP) is 3.67. The van der Waals surface area contributed by atoms with Crippen molar-refractivity contribution in [3.8, 4) is 0 Å². The Balaban J connectivity index is 1.79. The standard InChI is InChI=1S/C15H23N/c1-2-13-8-10-14(11-9-13)12-16-15-6-4-3-5-7-15/h8-11,15-16H,2-7,12H2,1H3. The predicted molar refractivity (Wildman–Crippen MR) is 69.5 cm³/mol. The molecule has 0 amide bonds. The zero-order chi connectivity index (χ0) is 11.2. The largest absolute Gasteiger partial charge is 0.310 e. The molecule has 88 valence electrons. The second-order valence-corrected chi connectivity index (χ2v) is 4.89. The van der Waals surface area contributed by atoms with E-state index in [0.29, 0.717) is 0 Å². The molecule has 0 aliphatic heterocycles. The van der Waals surface area contributed by atoms with Crippen LogP contribution in [0.15, 0.2) is 24.3 Å². The minimum Gasteiger partial charge on any atom is -0.310 e. The van der Waals surface area contributed by atoms with Crippen LogP contribution < -0.4 is 5.32 Å². The highest BCUT2D eigenvalue weighted by atomic mass is 14.9. The van der Waals surface area contributed by atoms with Gasteiger partial charge in [-0.1, -0.05) is 50.5 Å². The molecule has 1 saturated carbocycles. The van der Waals surface area contributed by atoms with E-state index in [4.69, 9.17) is 0 Å². The lowest BCUT2D eigenvalue weighted by atomic mass is 9.95. The summed E-state index contributed by atoms with van der Waals surface area (Å²) in [4.78, 5) is 0. The van der Waals surface area contributed by atoms with Gasteiger partial charge >= 0.3 is 0 Å². The Labute approximate surface area is 99.3 Å². The second kappa shape index (κ2) is 6.05. The molecule has 0 heterocycles. The van der Waals surface area contributed by atoms with E-state index in [1.165, 1.54) is 43.2 Å². The van der Waals surface area contributed by atoms with Gasteiger partial charge in [-0.15, -0.1) is 0 Å². The van der Waals surface area contributed by atoms with Gasteiger partial charge in [0.05, 0.1) is 0 Å². The van der Waals surface area contributed by atoms with Crippen molar-refractivity contribution in [2.45, 2.75) is 58.0 Å². The maximum absolute atomic E-state index is 3.68. The van der Waals surface area contributed by atoms with Crippen LogP contribution in [-0.2, 0) is 13.0 Å². The first kappa shape index (κ1) is 11.7. The quantitative estimate of drug-likeness (QED) is 0.811. The van der Waals surface area contributed by atoms with Crippen molar-refractivity contribution in [1.82, 2.24) is 5.32 Å². The molecule has 0 unspecified atom stereocenters. The van der Waals surface area contributed by atoms with Crippen molar-refractivity contribution in [3.05, 3.63) is 35.4 Å². The Morgan fingerprint density at radius 1 is 1.00 bits per heavy atom. The molecule has 1 nitrogen and oxygen atoms in total. The van der Waals surface area contributed by atoms with Gasteiger partial charge in [-0.3, -0.25) is 0 Å². The molecule has 0 saturated heterocycles. The minimum atomic E-state index is 0.764. The molecule has 1 aliphatic rings. The molecule has 0 bridgehead atoms. The first-order valence-electron chi connectivity index (χ1n) is 6.69. The molecule has 0 radical (unpaired) electrons. The highest BCUT2D eigenvalue weighted by molar-refractivity contribution is 5.22. The Morgan fingerprint density at radius 2 is 1.62 bits per heavy atom. The van der Waals surface area contributed by atoms with E-state index in [1.807, 2.05) is 0 Å². The number of benzene rings is 1. The third kappa shape index (κ3) is 3.34.